The van der Waals surface area contributed by atoms with Crippen molar-refractivity contribution in [3.63, 3.8) is 0 Å². The van der Waals surface area contributed by atoms with E-state index in [1.165, 1.54) is 0 Å². The van der Waals surface area contributed by atoms with Gasteiger partial charge in [-0.25, -0.2) is 9.97 Å². The second kappa shape index (κ2) is 7.93. The molecule has 4 rings (SSSR count). The lowest BCUT2D eigenvalue weighted by molar-refractivity contribution is 0.591. The third-order valence-electron chi connectivity index (χ3n) is 4.00. The first-order valence-corrected chi connectivity index (χ1v) is 9.38. The van der Waals surface area contributed by atoms with Crippen molar-refractivity contribution in [3.8, 4) is 6.07 Å². The summed E-state index contributed by atoms with van der Waals surface area (Å²) in [4.78, 5) is 9.86. The number of nitriles is 1. The van der Waals surface area contributed by atoms with Crippen LogP contribution in [-0.2, 0) is 6.54 Å². The predicted octanol–water partition coefficient (Wildman–Crippen LogP) is 3.59. The van der Waals surface area contributed by atoms with Crippen LogP contribution in [0.4, 0.5) is 11.6 Å². The van der Waals surface area contributed by atoms with Crippen molar-refractivity contribution in [3.05, 3.63) is 65.7 Å². The van der Waals surface area contributed by atoms with E-state index >= 15 is 0 Å². The SMILES string of the molecule is N#C/C(=C1/Nc2ccccc2S1)c1ccnc(NCCCn2cccn2)n1. The number of para-hydroxylation sites is 1. The number of hydrogen-bond donors (Lipinski definition) is 2. The molecule has 0 bridgehead atoms. The van der Waals surface area contributed by atoms with Gasteiger partial charge in [-0.05, 0) is 30.7 Å². The van der Waals surface area contributed by atoms with Crippen molar-refractivity contribution in [2.24, 2.45) is 0 Å². The minimum atomic E-state index is 0.512. The summed E-state index contributed by atoms with van der Waals surface area (Å²) < 4.78 is 1.89. The number of fused-ring (bicyclic) bond motifs is 1. The lowest BCUT2D eigenvalue weighted by Crippen LogP contribution is -2.10. The topological polar surface area (TPSA) is 91.5 Å². The molecule has 2 N–H and O–H groups in total. The van der Waals surface area contributed by atoms with E-state index in [0.29, 0.717) is 17.2 Å². The molecule has 0 spiro atoms. The first kappa shape index (κ1) is 17.1. The van der Waals surface area contributed by atoms with E-state index in [1.807, 2.05) is 41.2 Å². The van der Waals surface area contributed by atoms with Crippen LogP contribution in [0.15, 0.2) is 64.9 Å². The van der Waals surface area contributed by atoms with E-state index in [1.54, 1.807) is 30.2 Å². The van der Waals surface area contributed by atoms with Crippen LogP contribution in [0, 0.1) is 11.3 Å². The van der Waals surface area contributed by atoms with Gasteiger partial charge in [0.1, 0.15) is 11.6 Å². The van der Waals surface area contributed by atoms with Gasteiger partial charge in [0.25, 0.3) is 0 Å². The Hall–Kier alpha value is -3.31. The van der Waals surface area contributed by atoms with Gasteiger partial charge in [-0.2, -0.15) is 10.4 Å². The van der Waals surface area contributed by atoms with Crippen LogP contribution in [0.25, 0.3) is 5.57 Å². The molecule has 7 nitrogen and oxygen atoms in total. The zero-order chi connectivity index (χ0) is 18.5. The largest absolute Gasteiger partial charge is 0.354 e. The van der Waals surface area contributed by atoms with E-state index in [9.17, 15) is 5.26 Å². The van der Waals surface area contributed by atoms with Gasteiger partial charge in [0, 0.05) is 36.6 Å². The summed E-state index contributed by atoms with van der Waals surface area (Å²) in [5, 5.41) is 21.2. The molecular formula is C19H17N7S. The molecule has 0 radical (unpaired) electrons. The van der Waals surface area contributed by atoms with E-state index in [2.05, 4.69) is 31.8 Å². The highest BCUT2D eigenvalue weighted by molar-refractivity contribution is 8.04. The average molecular weight is 375 g/mol. The van der Waals surface area contributed by atoms with Gasteiger partial charge < -0.3 is 10.6 Å². The van der Waals surface area contributed by atoms with Crippen LogP contribution < -0.4 is 10.6 Å². The molecule has 0 fully saturated rings. The van der Waals surface area contributed by atoms with Gasteiger partial charge in [-0.15, -0.1) is 0 Å². The van der Waals surface area contributed by atoms with E-state index in [0.717, 1.165) is 35.1 Å². The molecular weight excluding hydrogens is 358 g/mol. The van der Waals surface area contributed by atoms with E-state index < -0.39 is 0 Å². The molecule has 0 saturated heterocycles. The van der Waals surface area contributed by atoms with Gasteiger partial charge in [-0.3, -0.25) is 4.68 Å². The minimum absolute atomic E-state index is 0.512. The van der Waals surface area contributed by atoms with Gasteiger partial charge in [0.15, 0.2) is 0 Å². The molecule has 0 amide bonds. The quantitative estimate of drug-likeness (QED) is 0.502. The Morgan fingerprint density at radius 3 is 2.96 bits per heavy atom. The first-order valence-electron chi connectivity index (χ1n) is 8.56. The third-order valence-corrected chi connectivity index (χ3v) is 5.09. The summed E-state index contributed by atoms with van der Waals surface area (Å²) in [5.41, 5.74) is 2.12. The van der Waals surface area contributed by atoms with E-state index in [4.69, 9.17) is 0 Å². The van der Waals surface area contributed by atoms with Crippen molar-refractivity contribution in [1.29, 1.82) is 5.26 Å². The summed E-state index contributed by atoms with van der Waals surface area (Å²) in [7, 11) is 0. The Bertz CT molecular complexity index is 978. The fraction of sp³-hybridized carbons (Fsp3) is 0.158. The summed E-state index contributed by atoms with van der Waals surface area (Å²) in [5.74, 6) is 0.516. The molecule has 1 aliphatic rings. The molecule has 2 aromatic heterocycles. The Morgan fingerprint density at radius 2 is 2.15 bits per heavy atom. The molecule has 1 aromatic carbocycles. The Balaban J connectivity index is 1.45. The van der Waals surface area contributed by atoms with Gasteiger partial charge in [0.05, 0.1) is 16.4 Å². The predicted molar refractivity (Wildman–Crippen MR) is 106 cm³/mol. The number of benzene rings is 1. The molecule has 3 heterocycles. The molecule has 8 heteroatoms. The normalized spacial score (nSPS) is 14.2. The summed E-state index contributed by atoms with van der Waals surface area (Å²) >= 11 is 1.54. The van der Waals surface area contributed by atoms with Crippen LogP contribution >= 0.6 is 11.8 Å². The lowest BCUT2D eigenvalue weighted by Gasteiger charge is -2.07. The molecule has 0 unspecified atom stereocenters. The van der Waals surface area contributed by atoms with Gasteiger partial charge >= 0.3 is 0 Å². The monoisotopic (exact) mass is 375 g/mol. The number of allylic oxidation sites excluding steroid dienone is 1. The lowest BCUT2D eigenvalue weighted by atomic mass is 10.2. The van der Waals surface area contributed by atoms with Crippen molar-refractivity contribution in [2.45, 2.75) is 17.9 Å². The Morgan fingerprint density at radius 1 is 1.22 bits per heavy atom. The number of thioether (sulfide) groups is 1. The average Bonchev–Trinajstić information content (AvgIpc) is 3.36. The van der Waals surface area contributed by atoms with Gasteiger partial charge in [0.2, 0.25) is 5.95 Å². The maximum absolute atomic E-state index is 9.68. The van der Waals surface area contributed by atoms with Crippen LogP contribution in [0.3, 0.4) is 0 Å². The van der Waals surface area contributed by atoms with Crippen molar-refractivity contribution in [2.75, 3.05) is 17.2 Å². The highest BCUT2D eigenvalue weighted by Crippen LogP contribution is 2.43. The fourth-order valence-electron chi connectivity index (χ4n) is 2.71. The number of aryl methyl sites for hydroxylation is 1. The van der Waals surface area contributed by atoms with Crippen LogP contribution in [0.1, 0.15) is 12.1 Å². The minimum Gasteiger partial charge on any atom is -0.354 e. The number of nitrogens with zero attached hydrogens (tertiary/aromatic N) is 5. The number of aromatic nitrogens is 4. The van der Waals surface area contributed by atoms with Crippen molar-refractivity contribution >= 4 is 29.0 Å². The molecule has 27 heavy (non-hydrogen) atoms. The fourth-order valence-corrected chi connectivity index (χ4v) is 3.72. The summed E-state index contributed by atoms with van der Waals surface area (Å²) in [6, 6.07) is 13.9. The highest BCUT2D eigenvalue weighted by Gasteiger charge is 2.20. The molecule has 0 saturated carbocycles. The number of rotatable bonds is 6. The molecule has 1 aliphatic heterocycles. The van der Waals surface area contributed by atoms with Crippen LogP contribution in [-0.4, -0.2) is 26.3 Å². The summed E-state index contributed by atoms with van der Waals surface area (Å²) in [6.07, 6.45) is 6.27. The number of nitrogens with one attached hydrogen (secondary N) is 2. The molecule has 0 atom stereocenters. The standard InChI is InChI=1S/C19H17N7S/c20-13-14(18-24-16-5-1-2-6-17(16)27-18)15-7-10-22-19(25-15)21-8-3-11-26-12-4-9-23-26/h1-2,4-7,9-10,12,24H,3,8,11H2,(H,21,22,25)/b18-14+. The molecule has 134 valence electrons. The van der Waals surface area contributed by atoms with Crippen molar-refractivity contribution in [1.82, 2.24) is 19.7 Å². The summed E-state index contributed by atoms with van der Waals surface area (Å²) in [6.45, 7) is 1.55. The van der Waals surface area contributed by atoms with Crippen LogP contribution in [0.2, 0.25) is 0 Å². The van der Waals surface area contributed by atoms with Crippen molar-refractivity contribution < 1.29 is 0 Å². The third kappa shape index (κ3) is 3.93. The maximum atomic E-state index is 9.68. The maximum Gasteiger partial charge on any atom is 0.223 e. The molecule has 0 aliphatic carbocycles. The smallest absolute Gasteiger partial charge is 0.223 e. The molecule has 3 aromatic rings. The van der Waals surface area contributed by atoms with Crippen LogP contribution in [0.5, 0.6) is 0 Å². The van der Waals surface area contributed by atoms with Gasteiger partial charge in [-0.1, -0.05) is 23.9 Å². The van der Waals surface area contributed by atoms with E-state index in [-0.39, 0.29) is 0 Å². The second-order valence-electron chi connectivity index (χ2n) is 5.85. The Kier molecular flexibility index (Phi) is 5.03. The zero-order valence-electron chi connectivity index (χ0n) is 14.5. The first-order chi connectivity index (χ1) is 13.3. The highest BCUT2D eigenvalue weighted by atomic mass is 32.2. The second-order valence-corrected chi connectivity index (χ2v) is 6.91. The number of hydrogen-bond acceptors (Lipinski definition) is 7. The zero-order valence-corrected chi connectivity index (χ0v) is 15.3. The number of anilines is 2. The Labute approximate surface area is 161 Å².